The van der Waals surface area contributed by atoms with E-state index in [0.717, 1.165) is 19.4 Å². The summed E-state index contributed by atoms with van der Waals surface area (Å²) in [5.41, 5.74) is 0. The van der Waals surface area contributed by atoms with E-state index >= 15 is 0 Å². The van der Waals surface area contributed by atoms with Gasteiger partial charge in [-0.1, -0.05) is 6.08 Å². The summed E-state index contributed by atoms with van der Waals surface area (Å²) < 4.78 is 0. The highest BCUT2D eigenvalue weighted by Gasteiger charge is 1.71. The van der Waals surface area contributed by atoms with Crippen LogP contribution < -0.4 is 0 Å². The Morgan fingerprint density at radius 1 is 1.50 bits per heavy atom. The van der Waals surface area contributed by atoms with Gasteiger partial charge in [0, 0.05) is 6.54 Å². The van der Waals surface area contributed by atoms with Crippen molar-refractivity contribution in [2.75, 3.05) is 6.54 Å². The zero-order valence-electron chi connectivity index (χ0n) is 5.43. The van der Waals surface area contributed by atoms with Crippen LogP contribution in [-0.4, -0.2) is 12.8 Å². The van der Waals surface area contributed by atoms with E-state index in [4.69, 9.17) is 0 Å². The zero-order chi connectivity index (χ0) is 6.24. The molecule has 0 N–H and O–H groups in total. The quantitative estimate of drug-likeness (QED) is 0.299. The van der Waals surface area contributed by atoms with Gasteiger partial charge in [-0.2, -0.15) is 0 Å². The monoisotopic (exact) mass is 111 g/mol. The lowest BCUT2D eigenvalue weighted by atomic mass is 10.3. The van der Waals surface area contributed by atoms with Crippen LogP contribution in [0.5, 0.6) is 0 Å². The number of hydrogen-bond donors (Lipinski definition) is 0. The van der Waals surface area contributed by atoms with Crippen LogP contribution in [0.2, 0.25) is 0 Å². The summed E-state index contributed by atoms with van der Waals surface area (Å²) in [6.07, 6.45) is 5.93. The molecule has 0 aromatic rings. The number of aliphatic imine (C=N–C) groups is 1. The summed E-state index contributed by atoms with van der Waals surface area (Å²) in [5, 5.41) is 0. The van der Waals surface area contributed by atoms with E-state index in [-0.39, 0.29) is 0 Å². The van der Waals surface area contributed by atoms with E-state index < -0.39 is 0 Å². The highest BCUT2D eigenvalue weighted by molar-refractivity contribution is 5.57. The predicted molar refractivity (Wildman–Crippen MR) is 38.5 cm³/mol. The van der Waals surface area contributed by atoms with Crippen LogP contribution in [0.15, 0.2) is 17.6 Å². The summed E-state index contributed by atoms with van der Waals surface area (Å²) >= 11 is 0. The Morgan fingerprint density at radius 2 is 2.25 bits per heavy atom. The van der Waals surface area contributed by atoms with Gasteiger partial charge in [-0.15, -0.1) is 6.58 Å². The molecule has 0 rings (SSSR count). The van der Waals surface area contributed by atoms with Crippen molar-refractivity contribution in [3.05, 3.63) is 12.7 Å². The van der Waals surface area contributed by atoms with Gasteiger partial charge in [0.25, 0.3) is 0 Å². The minimum atomic E-state index is 0.900. The predicted octanol–water partition coefficient (Wildman–Crippen LogP) is 2.04. The van der Waals surface area contributed by atoms with Crippen molar-refractivity contribution >= 4 is 6.21 Å². The second-order valence-electron chi connectivity index (χ2n) is 1.55. The molecule has 0 heterocycles. The zero-order valence-corrected chi connectivity index (χ0v) is 5.43. The van der Waals surface area contributed by atoms with Crippen LogP contribution >= 0.6 is 0 Å². The van der Waals surface area contributed by atoms with Crippen LogP contribution in [0.4, 0.5) is 0 Å². The van der Waals surface area contributed by atoms with Crippen molar-refractivity contribution in [1.82, 2.24) is 0 Å². The van der Waals surface area contributed by atoms with Gasteiger partial charge in [0.05, 0.1) is 0 Å². The molecule has 0 bridgehead atoms. The molecule has 0 aliphatic carbocycles. The molecule has 0 aromatic heterocycles. The van der Waals surface area contributed by atoms with Crippen LogP contribution in [0.25, 0.3) is 0 Å². The molecule has 46 valence electrons. The maximum atomic E-state index is 4.04. The Kier molecular flexibility index (Phi) is 5.94. The van der Waals surface area contributed by atoms with Crippen molar-refractivity contribution < 1.29 is 0 Å². The van der Waals surface area contributed by atoms with Gasteiger partial charge in [-0.25, -0.2) is 0 Å². The third kappa shape index (κ3) is 5.41. The van der Waals surface area contributed by atoms with Gasteiger partial charge in [0.1, 0.15) is 0 Å². The molecular formula is C7H13N. The molecule has 0 radical (unpaired) electrons. The average molecular weight is 111 g/mol. The summed E-state index contributed by atoms with van der Waals surface area (Å²) in [5.74, 6) is 0. The summed E-state index contributed by atoms with van der Waals surface area (Å²) in [7, 11) is 0. The lowest BCUT2D eigenvalue weighted by Gasteiger charge is -1.81. The molecule has 0 saturated heterocycles. The van der Waals surface area contributed by atoms with Crippen LogP contribution in [0.1, 0.15) is 19.8 Å². The standard InChI is InChI=1S/C7H13N/c1-3-5-6-7-8-4-2/h3,7H,1,4-6H2,2H3. The molecule has 0 saturated carbocycles. The average Bonchev–Trinajstić information content (AvgIpc) is 1.81. The van der Waals surface area contributed by atoms with Crippen molar-refractivity contribution in [3.8, 4) is 0 Å². The Morgan fingerprint density at radius 3 is 2.75 bits per heavy atom. The minimum absolute atomic E-state index is 0.900. The third-order valence-corrected chi connectivity index (χ3v) is 0.812. The number of nitrogens with zero attached hydrogens (tertiary/aromatic N) is 1. The molecule has 0 fully saturated rings. The molecule has 0 amide bonds. The van der Waals surface area contributed by atoms with Crippen molar-refractivity contribution in [2.24, 2.45) is 4.99 Å². The Bertz CT molecular complexity index is 74.5. The maximum Gasteiger partial charge on any atom is 0.0357 e. The Balaban J connectivity index is 2.90. The SMILES string of the molecule is C=CCCC=NCC. The van der Waals surface area contributed by atoms with Gasteiger partial charge in [0.15, 0.2) is 0 Å². The highest BCUT2D eigenvalue weighted by Crippen LogP contribution is 1.83. The second-order valence-corrected chi connectivity index (χ2v) is 1.55. The lowest BCUT2D eigenvalue weighted by molar-refractivity contribution is 1.07. The van der Waals surface area contributed by atoms with Gasteiger partial charge in [-0.05, 0) is 26.0 Å². The minimum Gasteiger partial charge on any atom is -0.298 e. The first kappa shape index (κ1) is 7.41. The first-order valence-corrected chi connectivity index (χ1v) is 3.01. The smallest absolute Gasteiger partial charge is 0.0357 e. The van der Waals surface area contributed by atoms with Crippen molar-refractivity contribution in [2.45, 2.75) is 19.8 Å². The van der Waals surface area contributed by atoms with Crippen molar-refractivity contribution in [1.29, 1.82) is 0 Å². The fraction of sp³-hybridized carbons (Fsp3) is 0.571. The van der Waals surface area contributed by atoms with Crippen LogP contribution in [0.3, 0.4) is 0 Å². The molecule has 0 aliphatic heterocycles. The molecular weight excluding hydrogens is 98.1 g/mol. The first-order chi connectivity index (χ1) is 3.91. The number of allylic oxidation sites excluding steroid dienone is 1. The number of unbranched alkanes of at least 4 members (excludes halogenated alkanes) is 1. The van der Waals surface area contributed by atoms with E-state index in [1.807, 2.05) is 19.2 Å². The topological polar surface area (TPSA) is 12.4 Å². The van der Waals surface area contributed by atoms with E-state index in [2.05, 4.69) is 11.6 Å². The van der Waals surface area contributed by atoms with Gasteiger partial charge in [-0.3, -0.25) is 4.99 Å². The number of hydrogen-bond acceptors (Lipinski definition) is 1. The van der Waals surface area contributed by atoms with E-state index in [0.29, 0.717) is 0 Å². The molecule has 0 unspecified atom stereocenters. The Labute approximate surface area is 51.1 Å². The molecule has 1 heteroatoms. The van der Waals surface area contributed by atoms with Crippen LogP contribution in [0, 0.1) is 0 Å². The highest BCUT2D eigenvalue weighted by atomic mass is 14.7. The molecule has 8 heavy (non-hydrogen) atoms. The molecule has 1 nitrogen and oxygen atoms in total. The van der Waals surface area contributed by atoms with E-state index in [9.17, 15) is 0 Å². The fourth-order valence-corrected chi connectivity index (χ4v) is 0.413. The third-order valence-electron chi connectivity index (χ3n) is 0.812. The maximum absolute atomic E-state index is 4.04. The van der Waals surface area contributed by atoms with Gasteiger partial charge < -0.3 is 0 Å². The molecule has 0 aromatic carbocycles. The molecule has 0 spiro atoms. The van der Waals surface area contributed by atoms with E-state index in [1.165, 1.54) is 0 Å². The number of rotatable bonds is 4. The molecule has 0 atom stereocenters. The van der Waals surface area contributed by atoms with Gasteiger partial charge in [0.2, 0.25) is 0 Å². The first-order valence-electron chi connectivity index (χ1n) is 3.01. The second kappa shape index (κ2) is 6.41. The molecule has 0 aliphatic rings. The lowest BCUT2D eigenvalue weighted by Crippen LogP contribution is -1.74. The fourth-order valence-electron chi connectivity index (χ4n) is 0.413. The summed E-state index contributed by atoms with van der Waals surface area (Å²) in [4.78, 5) is 4.04. The Hall–Kier alpha value is -0.590. The van der Waals surface area contributed by atoms with Gasteiger partial charge >= 0.3 is 0 Å². The summed E-state index contributed by atoms with van der Waals surface area (Å²) in [6.45, 7) is 6.53. The largest absolute Gasteiger partial charge is 0.298 e. The van der Waals surface area contributed by atoms with E-state index in [1.54, 1.807) is 0 Å². The van der Waals surface area contributed by atoms with Crippen molar-refractivity contribution in [3.63, 3.8) is 0 Å². The normalized spacial score (nSPS) is 10.1. The van der Waals surface area contributed by atoms with Crippen LogP contribution in [-0.2, 0) is 0 Å². The summed E-state index contributed by atoms with van der Waals surface area (Å²) in [6, 6.07) is 0.